The Morgan fingerprint density at radius 2 is 1.97 bits per heavy atom. The molecular formula is C22H22F3N3O2. The minimum atomic E-state index is -1.64. The Morgan fingerprint density at radius 3 is 2.60 bits per heavy atom. The van der Waals surface area contributed by atoms with Crippen LogP contribution in [-0.4, -0.2) is 26.7 Å². The summed E-state index contributed by atoms with van der Waals surface area (Å²) in [5, 5.41) is 15.5. The molecule has 0 saturated heterocycles. The van der Waals surface area contributed by atoms with Gasteiger partial charge in [0, 0.05) is 11.6 Å². The Balaban J connectivity index is 1.80. The number of aromatic nitrogens is 3. The summed E-state index contributed by atoms with van der Waals surface area (Å²) in [5.41, 5.74) is -0.788. The molecule has 0 amide bonds. The van der Waals surface area contributed by atoms with E-state index in [0.29, 0.717) is 12.2 Å². The van der Waals surface area contributed by atoms with Gasteiger partial charge in [-0.3, -0.25) is 0 Å². The molecule has 0 aliphatic rings. The summed E-state index contributed by atoms with van der Waals surface area (Å²) in [6, 6.07) is 9.97. The fourth-order valence-corrected chi connectivity index (χ4v) is 3.25. The quantitative estimate of drug-likeness (QED) is 0.557. The first kappa shape index (κ1) is 21.6. The minimum Gasteiger partial charge on any atom is -0.463 e. The van der Waals surface area contributed by atoms with Gasteiger partial charge in [-0.1, -0.05) is 37.3 Å². The number of rotatable bonds is 9. The van der Waals surface area contributed by atoms with Gasteiger partial charge in [0.15, 0.2) is 0 Å². The summed E-state index contributed by atoms with van der Waals surface area (Å²) in [6.07, 6.45) is 6.85. The lowest BCUT2D eigenvalue weighted by molar-refractivity contribution is -0.0379. The molecule has 1 aromatic heterocycles. The molecule has 0 aliphatic heterocycles. The summed E-state index contributed by atoms with van der Waals surface area (Å²) in [7, 11) is 0. The van der Waals surface area contributed by atoms with E-state index < -0.39 is 30.0 Å². The molecule has 0 radical (unpaired) electrons. The second-order valence-corrected chi connectivity index (χ2v) is 7.00. The van der Waals surface area contributed by atoms with Gasteiger partial charge in [0.25, 0.3) is 0 Å². The van der Waals surface area contributed by atoms with Crippen LogP contribution in [-0.2, 0) is 12.1 Å². The molecule has 158 valence electrons. The molecule has 0 unspecified atom stereocenters. The molecule has 1 N–H and O–H groups in total. The topological polar surface area (TPSA) is 60.2 Å². The molecule has 0 saturated carbocycles. The predicted octanol–water partition coefficient (Wildman–Crippen LogP) is 4.49. The van der Waals surface area contributed by atoms with Crippen molar-refractivity contribution in [2.45, 2.75) is 25.5 Å². The van der Waals surface area contributed by atoms with Gasteiger partial charge < -0.3 is 9.84 Å². The zero-order valence-electron chi connectivity index (χ0n) is 16.4. The molecule has 3 rings (SSSR count). The molecule has 0 fully saturated rings. The van der Waals surface area contributed by atoms with Gasteiger partial charge in [-0.05, 0) is 36.1 Å². The van der Waals surface area contributed by atoms with E-state index in [1.54, 1.807) is 31.2 Å². The summed E-state index contributed by atoms with van der Waals surface area (Å²) >= 11 is 0. The van der Waals surface area contributed by atoms with Crippen LogP contribution in [0.2, 0.25) is 0 Å². The number of alkyl halides is 1. The Bertz CT molecular complexity index is 978. The smallest absolute Gasteiger partial charge is 0.228 e. The Kier molecular flexibility index (Phi) is 6.89. The van der Waals surface area contributed by atoms with Crippen LogP contribution in [0.1, 0.15) is 24.5 Å². The van der Waals surface area contributed by atoms with Gasteiger partial charge in [-0.2, -0.15) is 5.10 Å². The fraction of sp³-hybridized carbons (Fsp3) is 0.273. The standard InChI is InChI=1S/C22H22F3N3O2/c1-16(3-2-4-17-5-8-19(9-6-17)30-13-23)22(29,12-28-15-26-14-27-28)20-10-7-18(24)11-21(20)25/h2,4-11,14-16,29H,3,12-13H2,1H3/b4-2+/t16-,22+/m0/s1. The van der Waals surface area contributed by atoms with Crippen molar-refractivity contribution in [2.75, 3.05) is 6.86 Å². The van der Waals surface area contributed by atoms with E-state index in [1.165, 1.54) is 23.4 Å². The third-order valence-electron chi connectivity index (χ3n) is 4.98. The van der Waals surface area contributed by atoms with Crippen molar-refractivity contribution in [1.82, 2.24) is 14.8 Å². The highest BCUT2D eigenvalue weighted by atomic mass is 19.1. The number of aliphatic hydroxyl groups is 1. The van der Waals surface area contributed by atoms with Gasteiger partial charge in [0.05, 0.1) is 6.54 Å². The van der Waals surface area contributed by atoms with Gasteiger partial charge >= 0.3 is 0 Å². The summed E-state index contributed by atoms with van der Waals surface area (Å²) in [6.45, 7) is 0.846. The molecule has 0 bridgehead atoms. The van der Waals surface area contributed by atoms with Gasteiger partial charge in [-0.15, -0.1) is 0 Å². The Labute approximate surface area is 172 Å². The molecule has 8 heteroatoms. The molecule has 1 heterocycles. The normalized spacial score (nSPS) is 14.6. The fourth-order valence-electron chi connectivity index (χ4n) is 3.25. The van der Waals surface area contributed by atoms with Crippen LogP contribution in [0, 0.1) is 17.6 Å². The molecule has 2 atom stereocenters. The van der Waals surface area contributed by atoms with E-state index in [4.69, 9.17) is 4.74 Å². The first-order valence-corrected chi connectivity index (χ1v) is 9.38. The van der Waals surface area contributed by atoms with Gasteiger partial charge in [0.2, 0.25) is 6.86 Å². The van der Waals surface area contributed by atoms with Crippen molar-refractivity contribution < 1.29 is 23.0 Å². The summed E-state index contributed by atoms with van der Waals surface area (Å²) < 4.78 is 46.3. The summed E-state index contributed by atoms with van der Waals surface area (Å²) in [5.74, 6) is -1.55. The average molecular weight is 417 g/mol. The van der Waals surface area contributed by atoms with Crippen LogP contribution in [0.5, 0.6) is 5.75 Å². The maximum absolute atomic E-state index is 14.5. The molecular weight excluding hydrogens is 395 g/mol. The zero-order chi connectivity index (χ0) is 21.6. The first-order valence-electron chi connectivity index (χ1n) is 9.38. The molecule has 0 spiro atoms. The summed E-state index contributed by atoms with van der Waals surface area (Å²) in [4.78, 5) is 3.86. The highest BCUT2D eigenvalue weighted by Gasteiger charge is 2.38. The van der Waals surface area contributed by atoms with Crippen molar-refractivity contribution in [2.24, 2.45) is 5.92 Å². The van der Waals surface area contributed by atoms with E-state index in [9.17, 15) is 18.3 Å². The number of ether oxygens (including phenoxy) is 1. The van der Waals surface area contributed by atoms with Crippen LogP contribution >= 0.6 is 0 Å². The number of benzene rings is 2. The predicted molar refractivity (Wildman–Crippen MR) is 106 cm³/mol. The molecule has 5 nitrogen and oxygen atoms in total. The van der Waals surface area contributed by atoms with Gasteiger partial charge in [-0.25, -0.2) is 22.8 Å². The van der Waals surface area contributed by atoms with Crippen LogP contribution in [0.4, 0.5) is 13.2 Å². The maximum Gasteiger partial charge on any atom is 0.228 e. The zero-order valence-corrected chi connectivity index (χ0v) is 16.4. The highest BCUT2D eigenvalue weighted by Crippen LogP contribution is 2.35. The second-order valence-electron chi connectivity index (χ2n) is 7.00. The molecule has 30 heavy (non-hydrogen) atoms. The van der Waals surface area contributed by atoms with E-state index in [-0.39, 0.29) is 12.1 Å². The largest absolute Gasteiger partial charge is 0.463 e. The SMILES string of the molecule is C[C@@H](C/C=C/c1ccc(OCF)cc1)[C@](O)(Cn1cncn1)c1ccc(F)cc1F. The van der Waals surface area contributed by atoms with Crippen molar-refractivity contribution in [3.8, 4) is 5.75 Å². The molecule has 2 aromatic carbocycles. The minimum absolute atomic E-state index is 0.00646. The van der Waals surface area contributed by atoms with Crippen LogP contribution in [0.3, 0.4) is 0 Å². The maximum atomic E-state index is 14.5. The monoisotopic (exact) mass is 417 g/mol. The third-order valence-corrected chi connectivity index (χ3v) is 4.98. The number of hydrogen-bond acceptors (Lipinski definition) is 4. The Morgan fingerprint density at radius 1 is 1.20 bits per heavy atom. The number of allylic oxidation sites excluding steroid dienone is 1. The van der Waals surface area contributed by atoms with Crippen molar-refractivity contribution in [3.05, 3.63) is 84.0 Å². The van der Waals surface area contributed by atoms with Crippen molar-refractivity contribution in [3.63, 3.8) is 0 Å². The number of nitrogens with zero attached hydrogens (tertiary/aromatic N) is 3. The first-order chi connectivity index (χ1) is 14.4. The van der Waals surface area contributed by atoms with Crippen molar-refractivity contribution >= 4 is 6.08 Å². The highest BCUT2D eigenvalue weighted by molar-refractivity contribution is 5.50. The van der Waals surface area contributed by atoms with Gasteiger partial charge in [0.1, 0.15) is 35.6 Å². The van der Waals surface area contributed by atoms with E-state index in [1.807, 2.05) is 12.2 Å². The van der Waals surface area contributed by atoms with Crippen LogP contribution in [0.15, 0.2) is 61.2 Å². The van der Waals surface area contributed by atoms with E-state index in [0.717, 1.165) is 17.7 Å². The van der Waals surface area contributed by atoms with E-state index >= 15 is 0 Å². The molecule has 3 aromatic rings. The van der Waals surface area contributed by atoms with E-state index in [2.05, 4.69) is 10.1 Å². The number of halogens is 3. The van der Waals surface area contributed by atoms with Crippen molar-refractivity contribution in [1.29, 1.82) is 0 Å². The lowest BCUT2D eigenvalue weighted by Gasteiger charge is -2.34. The lowest BCUT2D eigenvalue weighted by atomic mass is 9.80. The number of hydrogen-bond donors (Lipinski definition) is 1. The lowest BCUT2D eigenvalue weighted by Crippen LogP contribution is -2.39. The third kappa shape index (κ3) is 5.07. The Hall–Kier alpha value is -3.13. The van der Waals surface area contributed by atoms with Crippen LogP contribution < -0.4 is 4.74 Å². The van der Waals surface area contributed by atoms with Crippen LogP contribution in [0.25, 0.3) is 6.08 Å². The second kappa shape index (κ2) is 9.58. The average Bonchev–Trinajstić information content (AvgIpc) is 3.22. The molecule has 0 aliphatic carbocycles.